The van der Waals surface area contributed by atoms with Crippen molar-refractivity contribution in [2.24, 2.45) is 0 Å². The van der Waals surface area contributed by atoms with E-state index in [9.17, 15) is 5.11 Å². The van der Waals surface area contributed by atoms with E-state index >= 15 is 0 Å². The standard InChI is InChI=1S/C12H23N5O/c1-6-9(7-18)13-11-14-10(8(2)3)15-12(16-11)17(4)5/h8-9,18H,6-7H2,1-5H3,(H,13,14,15,16)/t9-/m1/s1. The zero-order valence-electron chi connectivity index (χ0n) is 11.8. The molecule has 1 aromatic rings. The number of aliphatic hydroxyl groups is 1. The number of nitrogens with one attached hydrogen (secondary N) is 1. The van der Waals surface area contributed by atoms with E-state index in [1.807, 2.05) is 39.8 Å². The molecular weight excluding hydrogens is 230 g/mol. The molecule has 0 fully saturated rings. The van der Waals surface area contributed by atoms with Crippen LogP contribution in [0.3, 0.4) is 0 Å². The zero-order chi connectivity index (χ0) is 13.7. The summed E-state index contributed by atoms with van der Waals surface area (Å²) in [6, 6.07) is -0.0255. The predicted molar refractivity (Wildman–Crippen MR) is 73.0 cm³/mol. The third-order valence-corrected chi connectivity index (χ3v) is 2.60. The van der Waals surface area contributed by atoms with Crippen molar-refractivity contribution in [2.45, 2.75) is 39.2 Å². The fourth-order valence-electron chi connectivity index (χ4n) is 1.36. The van der Waals surface area contributed by atoms with Crippen molar-refractivity contribution in [3.05, 3.63) is 5.82 Å². The van der Waals surface area contributed by atoms with Gasteiger partial charge in [0.05, 0.1) is 12.6 Å². The van der Waals surface area contributed by atoms with Crippen LogP contribution in [0.4, 0.5) is 11.9 Å². The highest BCUT2D eigenvalue weighted by Gasteiger charge is 2.13. The van der Waals surface area contributed by atoms with E-state index in [0.29, 0.717) is 11.9 Å². The van der Waals surface area contributed by atoms with Crippen LogP contribution in [-0.4, -0.2) is 46.8 Å². The first kappa shape index (κ1) is 14.6. The third kappa shape index (κ3) is 3.80. The van der Waals surface area contributed by atoms with Crippen LogP contribution in [0.1, 0.15) is 38.9 Å². The van der Waals surface area contributed by atoms with Gasteiger partial charge in [0.25, 0.3) is 0 Å². The molecule has 6 nitrogen and oxygen atoms in total. The molecule has 0 aliphatic heterocycles. The Hall–Kier alpha value is -1.43. The minimum absolute atomic E-state index is 0.0255. The fourth-order valence-corrected chi connectivity index (χ4v) is 1.36. The van der Waals surface area contributed by atoms with Crippen molar-refractivity contribution in [3.8, 4) is 0 Å². The Bertz CT molecular complexity index is 350. The summed E-state index contributed by atoms with van der Waals surface area (Å²) in [5, 5.41) is 12.3. The molecule has 1 heterocycles. The smallest absolute Gasteiger partial charge is 0.229 e. The molecule has 2 N–H and O–H groups in total. The molecule has 6 heteroatoms. The second-order valence-corrected chi connectivity index (χ2v) is 4.80. The maximum atomic E-state index is 9.20. The quantitative estimate of drug-likeness (QED) is 0.794. The van der Waals surface area contributed by atoms with Gasteiger partial charge in [0.2, 0.25) is 11.9 Å². The van der Waals surface area contributed by atoms with Gasteiger partial charge in [0.15, 0.2) is 0 Å². The summed E-state index contributed by atoms with van der Waals surface area (Å²) < 4.78 is 0. The molecule has 0 aliphatic carbocycles. The molecule has 0 unspecified atom stereocenters. The van der Waals surface area contributed by atoms with Crippen LogP contribution in [0.2, 0.25) is 0 Å². The summed E-state index contributed by atoms with van der Waals surface area (Å²) in [5.41, 5.74) is 0. The van der Waals surface area contributed by atoms with Crippen LogP contribution in [0, 0.1) is 0 Å². The average molecular weight is 253 g/mol. The van der Waals surface area contributed by atoms with E-state index in [-0.39, 0.29) is 18.6 Å². The zero-order valence-corrected chi connectivity index (χ0v) is 11.8. The van der Waals surface area contributed by atoms with Gasteiger partial charge in [-0.1, -0.05) is 20.8 Å². The lowest BCUT2D eigenvalue weighted by Crippen LogP contribution is -2.25. The highest BCUT2D eigenvalue weighted by atomic mass is 16.3. The van der Waals surface area contributed by atoms with Crippen LogP contribution in [0.15, 0.2) is 0 Å². The molecule has 0 radical (unpaired) electrons. The van der Waals surface area contributed by atoms with Gasteiger partial charge in [-0.2, -0.15) is 15.0 Å². The maximum absolute atomic E-state index is 9.20. The average Bonchev–Trinajstić information content (AvgIpc) is 2.35. The Labute approximate surface area is 108 Å². The Morgan fingerprint density at radius 1 is 1.22 bits per heavy atom. The van der Waals surface area contributed by atoms with Crippen LogP contribution in [-0.2, 0) is 0 Å². The Kier molecular flexibility index (Phi) is 5.27. The molecular formula is C12H23N5O. The lowest BCUT2D eigenvalue weighted by atomic mass is 10.2. The molecule has 1 atom stereocenters. The Balaban J connectivity index is 3.03. The fraction of sp³-hybridized carbons (Fsp3) is 0.750. The second kappa shape index (κ2) is 6.49. The van der Waals surface area contributed by atoms with Gasteiger partial charge in [-0.05, 0) is 6.42 Å². The number of aliphatic hydroxyl groups excluding tert-OH is 1. The maximum Gasteiger partial charge on any atom is 0.229 e. The molecule has 0 aromatic carbocycles. The van der Waals surface area contributed by atoms with Crippen molar-refractivity contribution >= 4 is 11.9 Å². The molecule has 1 aromatic heterocycles. The van der Waals surface area contributed by atoms with E-state index < -0.39 is 0 Å². The summed E-state index contributed by atoms with van der Waals surface area (Å²) >= 11 is 0. The van der Waals surface area contributed by atoms with E-state index in [2.05, 4.69) is 20.3 Å². The molecule has 0 saturated carbocycles. The lowest BCUT2D eigenvalue weighted by Gasteiger charge is -2.17. The first-order valence-corrected chi connectivity index (χ1v) is 6.28. The van der Waals surface area contributed by atoms with Crippen LogP contribution >= 0.6 is 0 Å². The van der Waals surface area contributed by atoms with Gasteiger partial charge in [-0.15, -0.1) is 0 Å². The normalized spacial score (nSPS) is 12.6. The van der Waals surface area contributed by atoms with Crippen LogP contribution < -0.4 is 10.2 Å². The van der Waals surface area contributed by atoms with E-state index in [4.69, 9.17) is 0 Å². The molecule has 1 rings (SSSR count). The van der Waals surface area contributed by atoms with Crippen LogP contribution in [0.5, 0.6) is 0 Å². The van der Waals surface area contributed by atoms with Gasteiger partial charge in [-0.25, -0.2) is 0 Å². The Morgan fingerprint density at radius 2 is 1.89 bits per heavy atom. The highest BCUT2D eigenvalue weighted by Crippen LogP contribution is 2.15. The minimum atomic E-state index is -0.0255. The van der Waals surface area contributed by atoms with E-state index in [1.54, 1.807) is 0 Å². The predicted octanol–water partition coefficient (Wildman–Crippen LogP) is 1.24. The first-order valence-electron chi connectivity index (χ1n) is 6.28. The SMILES string of the molecule is CC[C@H](CO)Nc1nc(C(C)C)nc(N(C)C)n1. The lowest BCUT2D eigenvalue weighted by molar-refractivity contribution is 0.271. The molecule has 0 aliphatic rings. The monoisotopic (exact) mass is 253 g/mol. The van der Waals surface area contributed by atoms with Crippen molar-refractivity contribution in [2.75, 3.05) is 30.9 Å². The van der Waals surface area contributed by atoms with Crippen molar-refractivity contribution in [1.82, 2.24) is 15.0 Å². The number of nitrogens with zero attached hydrogens (tertiary/aromatic N) is 4. The number of rotatable bonds is 6. The minimum Gasteiger partial charge on any atom is -0.394 e. The largest absolute Gasteiger partial charge is 0.394 e. The van der Waals surface area contributed by atoms with Gasteiger partial charge in [0, 0.05) is 20.0 Å². The highest BCUT2D eigenvalue weighted by molar-refractivity contribution is 5.36. The summed E-state index contributed by atoms with van der Waals surface area (Å²) in [4.78, 5) is 15.0. The molecule has 0 bridgehead atoms. The summed E-state index contributed by atoms with van der Waals surface area (Å²) in [7, 11) is 3.79. The molecule has 0 saturated heterocycles. The number of hydrogen-bond donors (Lipinski definition) is 2. The molecule has 0 amide bonds. The summed E-state index contributed by atoms with van der Waals surface area (Å²) in [6.07, 6.45) is 0.816. The molecule has 102 valence electrons. The van der Waals surface area contributed by atoms with E-state index in [1.165, 1.54) is 0 Å². The number of anilines is 2. The molecule has 0 spiro atoms. The third-order valence-electron chi connectivity index (χ3n) is 2.60. The van der Waals surface area contributed by atoms with Gasteiger partial charge < -0.3 is 15.3 Å². The number of aromatic nitrogens is 3. The molecule has 18 heavy (non-hydrogen) atoms. The van der Waals surface area contributed by atoms with Crippen molar-refractivity contribution < 1.29 is 5.11 Å². The van der Waals surface area contributed by atoms with Gasteiger partial charge in [0.1, 0.15) is 5.82 Å². The number of hydrogen-bond acceptors (Lipinski definition) is 6. The van der Waals surface area contributed by atoms with E-state index in [0.717, 1.165) is 12.2 Å². The van der Waals surface area contributed by atoms with Crippen molar-refractivity contribution in [3.63, 3.8) is 0 Å². The van der Waals surface area contributed by atoms with Gasteiger partial charge >= 0.3 is 0 Å². The van der Waals surface area contributed by atoms with Crippen molar-refractivity contribution in [1.29, 1.82) is 0 Å². The van der Waals surface area contributed by atoms with Crippen LogP contribution in [0.25, 0.3) is 0 Å². The summed E-state index contributed by atoms with van der Waals surface area (Å²) in [6.45, 7) is 6.16. The summed E-state index contributed by atoms with van der Waals surface area (Å²) in [5.74, 6) is 2.15. The first-order chi connectivity index (χ1) is 8.47. The topological polar surface area (TPSA) is 74.2 Å². The second-order valence-electron chi connectivity index (χ2n) is 4.80. The van der Waals surface area contributed by atoms with Gasteiger partial charge in [-0.3, -0.25) is 0 Å². The Morgan fingerprint density at radius 3 is 2.33 bits per heavy atom.